The van der Waals surface area contributed by atoms with E-state index >= 15 is 0 Å². The fourth-order valence-electron chi connectivity index (χ4n) is 2.19. The second kappa shape index (κ2) is 4.38. The Morgan fingerprint density at radius 3 is 2.84 bits per heavy atom. The van der Waals surface area contributed by atoms with Gasteiger partial charge in [-0.15, -0.1) is 0 Å². The van der Waals surface area contributed by atoms with E-state index in [1.165, 1.54) is 6.39 Å². The highest BCUT2D eigenvalue weighted by Gasteiger charge is 2.15. The average molecular weight is 258 g/mol. The summed E-state index contributed by atoms with van der Waals surface area (Å²) < 4.78 is 12.5. The molecule has 6 heteroatoms. The van der Waals surface area contributed by atoms with Crippen LogP contribution in [0, 0.1) is 6.92 Å². The van der Waals surface area contributed by atoms with Gasteiger partial charge >= 0.3 is 0 Å². The lowest BCUT2D eigenvalue weighted by atomic mass is 10.2. The van der Waals surface area contributed by atoms with Gasteiger partial charge in [0.15, 0.2) is 12.2 Å². The van der Waals surface area contributed by atoms with Gasteiger partial charge < -0.3 is 9.15 Å². The van der Waals surface area contributed by atoms with Crippen LogP contribution in [0.2, 0.25) is 0 Å². The van der Waals surface area contributed by atoms with Crippen molar-refractivity contribution < 1.29 is 9.15 Å². The fourth-order valence-corrected chi connectivity index (χ4v) is 2.19. The lowest BCUT2D eigenvalue weighted by Crippen LogP contribution is -2.03. The topological polar surface area (TPSA) is 65.5 Å². The number of hydrogen-bond acceptors (Lipinski definition) is 5. The van der Waals surface area contributed by atoms with Gasteiger partial charge in [-0.2, -0.15) is 4.98 Å². The van der Waals surface area contributed by atoms with Crippen LogP contribution in [0.25, 0.3) is 17.2 Å². The summed E-state index contributed by atoms with van der Waals surface area (Å²) in [5.41, 5.74) is 2.86. The number of hydrogen-bond donors (Lipinski definition) is 0. The highest BCUT2D eigenvalue weighted by molar-refractivity contribution is 5.56. The van der Waals surface area contributed by atoms with E-state index in [2.05, 4.69) is 21.9 Å². The molecule has 0 aliphatic carbocycles. The third kappa shape index (κ3) is 1.76. The minimum absolute atomic E-state index is 0.595. The number of nitrogens with zero attached hydrogens (tertiary/aromatic N) is 4. The number of imidazole rings is 1. The van der Waals surface area contributed by atoms with Gasteiger partial charge in [0.1, 0.15) is 5.69 Å². The predicted octanol–water partition coefficient (Wildman–Crippen LogP) is 2.26. The van der Waals surface area contributed by atoms with Crippen molar-refractivity contribution in [3.05, 3.63) is 30.0 Å². The molecule has 3 rings (SSSR count). The average Bonchev–Trinajstić information content (AvgIpc) is 3.07. The molecule has 0 saturated carbocycles. The molecule has 0 atom stereocenters. The van der Waals surface area contributed by atoms with Crippen LogP contribution in [0.15, 0.2) is 23.2 Å². The summed E-state index contributed by atoms with van der Waals surface area (Å²) in [6, 6.07) is 0. The highest BCUT2D eigenvalue weighted by Crippen LogP contribution is 2.24. The normalized spacial score (nSPS) is 11.1. The van der Waals surface area contributed by atoms with Crippen LogP contribution in [-0.4, -0.2) is 26.5 Å². The Morgan fingerprint density at radius 2 is 2.21 bits per heavy atom. The van der Waals surface area contributed by atoms with Gasteiger partial charge in [-0.1, -0.05) is 6.92 Å². The Bertz CT molecular complexity index is 716. The van der Waals surface area contributed by atoms with Crippen molar-refractivity contribution in [3.8, 4) is 17.3 Å². The maximum absolute atomic E-state index is 5.32. The summed E-state index contributed by atoms with van der Waals surface area (Å²) in [7, 11) is 1.62. The molecule has 0 spiro atoms. The maximum Gasteiger partial charge on any atom is 0.237 e. The van der Waals surface area contributed by atoms with E-state index in [1.807, 2.05) is 17.5 Å². The molecule has 3 heterocycles. The van der Waals surface area contributed by atoms with E-state index in [0.29, 0.717) is 23.1 Å². The van der Waals surface area contributed by atoms with Gasteiger partial charge in [-0.05, 0) is 13.3 Å². The molecule has 0 fully saturated rings. The van der Waals surface area contributed by atoms with Crippen molar-refractivity contribution in [1.82, 2.24) is 19.4 Å². The molecule has 0 aliphatic heterocycles. The smallest absolute Gasteiger partial charge is 0.237 e. The molecule has 3 aromatic rings. The Balaban J connectivity index is 2.25. The Kier molecular flexibility index (Phi) is 2.70. The monoisotopic (exact) mass is 258 g/mol. The predicted molar refractivity (Wildman–Crippen MR) is 69.2 cm³/mol. The second-order valence-electron chi connectivity index (χ2n) is 4.20. The quantitative estimate of drug-likeness (QED) is 0.721. The molecule has 98 valence electrons. The molecule has 0 N–H and O–H groups in total. The van der Waals surface area contributed by atoms with Gasteiger partial charge in [0, 0.05) is 17.5 Å². The summed E-state index contributed by atoms with van der Waals surface area (Å²) >= 11 is 0. The van der Waals surface area contributed by atoms with Crippen molar-refractivity contribution >= 4 is 5.78 Å². The molecule has 19 heavy (non-hydrogen) atoms. The zero-order valence-electron chi connectivity index (χ0n) is 11.0. The lowest BCUT2D eigenvalue weighted by Gasteiger charge is -2.10. The van der Waals surface area contributed by atoms with E-state index in [0.717, 1.165) is 17.7 Å². The first kappa shape index (κ1) is 11.7. The summed E-state index contributed by atoms with van der Waals surface area (Å²) in [5, 5.41) is 0. The van der Waals surface area contributed by atoms with Gasteiger partial charge in [0.05, 0.1) is 13.3 Å². The standard InChI is InChI=1S/C13H14N4O2/c1-4-9-8(2)17-6-10(11-5-14-7-19-11)15-13(17)16-12(9)18-3/h5-7H,4H2,1-3H3. The summed E-state index contributed by atoms with van der Waals surface area (Å²) in [6.07, 6.45) is 5.78. The molecule has 0 radical (unpaired) electrons. The van der Waals surface area contributed by atoms with Crippen LogP contribution < -0.4 is 4.74 Å². The van der Waals surface area contributed by atoms with Crippen molar-refractivity contribution in [2.24, 2.45) is 0 Å². The maximum atomic E-state index is 5.32. The molecule has 0 aliphatic rings. The van der Waals surface area contributed by atoms with Gasteiger partial charge in [0.25, 0.3) is 0 Å². The first-order chi connectivity index (χ1) is 9.24. The van der Waals surface area contributed by atoms with Gasteiger partial charge in [-0.3, -0.25) is 4.40 Å². The van der Waals surface area contributed by atoms with Gasteiger partial charge in [0.2, 0.25) is 11.7 Å². The Morgan fingerprint density at radius 1 is 1.37 bits per heavy atom. The van der Waals surface area contributed by atoms with Crippen LogP contribution in [0.3, 0.4) is 0 Å². The molecule has 3 aromatic heterocycles. The number of oxazole rings is 1. The lowest BCUT2D eigenvalue weighted by molar-refractivity contribution is 0.392. The van der Waals surface area contributed by atoms with Crippen molar-refractivity contribution in [2.45, 2.75) is 20.3 Å². The van der Waals surface area contributed by atoms with E-state index < -0.39 is 0 Å². The zero-order valence-corrected chi connectivity index (χ0v) is 11.0. The van der Waals surface area contributed by atoms with Crippen molar-refractivity contribution in [2.75, 3.05) is 7.11 Å². The van der Waals surface area contributed by atoms with Crippen LogP contribution >= 0.6 is 0 Å². The molecule has 0 aromatic carbocycles. The van der Waals surface area contributed by atoms with Crippen LogP contribution in [-0.2, 0) is 6.42 Å². The molecular formula is C13H14N4O2. The Labute approximate surface area is 110 Å². The van der Waals surface area contributed by atoms with E-state index in [-0.39, 0.29) is 0 Å². The Hall–Kier alpha value is -2.37. The molecule has 0 unspecified atom stereocenters. The number of aromatic nitrogens is 4. The number of aryl methyl sites for hydroxylation is 1. The number of rotatable bonds is 3. The van der Waals surface area contributed by atoms with Crippen molar-refractivity contribution in [3.63, 3.8) is 0 Å². The minimum atomic E-state index is 0.595. The number of ether oxygens (including phenoxy) is 1. The van der Waals surface area contributed by atoms with E-state index in [1.54, 1.807) is 13.3 Å². The van der Waals surface area contributed by atoms with Crippen LogP contribution in [0.4, 0.5) is 0 Å². The second-order valence-corrected chi connectivity index (χ2v) is 4.20. The molecule has 0 saturated heterocycles. The summed E-state index contributed by atoms with van der Waals surface area (Å²) in [4.78, 5) is 12.8. The van der Waals surface area contributed by atoms with Crippen LogP contribution in [0.1, 0.15) is 18.2 Å². The molecular weight excluding hydrogens is 244 g/mol. The number of methoxy groups -OCH3 is 1. The first-order valence-corrected chi connectivity index (χ1v) is 6.06. The minimum Gasteiger partial charge on any atom is -0.481 e. The third-order valence-corrected chi connectivity index (χ3v) is 3.18. The molecule has 0 amide bonds. The van der Waals surface area contributed by atoms with Crippen LogP contribution in [0.5, 0.6) is 5.88 Å². The van der Waals surface area contributed by atoms with E-state index in [4.69, 9.17) is 9.15 Å². The highest BCUT2D eigenvalue weighted by atomic mass is 16.5. The molecule has 6 nitrogen and oxygen atoms in total. The van der Waals surface area contributed by atoms with Gasteiger partial charge in [-0.25, -0.2) is 9.97 Å². The zero-order chi connectivity index (χ0) is 13.4. The summed E-state index contributed by atoms with van der Waals surface area (Å²) in [5.74, 6) is 1.85. The van der Waals surface area contributed by atoms with Crippen molar-refractivity contribution in [1.29, 1.82) is 0 Å². The molecule has 0 bridgehead atoms. The summed E-state index contributed by atoms with van der Waals surface area (Å²) in [6.45, 7) is 4.11. The fraction of sp³-hybridized carbons (Fsp3) is 0.308. The number of fused-ring (bicyclic) bond motifs is 1. The third-order valence-electron chi connectivity index (χ3n) is 3.18. The largest absolute Gasteiger partial charge is 0.481 e. The van der Waals surface area contributed by atoms with E-state index in [9.17, 15) is 0 Å². The SMILES string of the molecule is CCc1c(OC)nc2nc(-c3cnco3)cn2c1C. The first-order valence-electron chi connectivity index (χ1n) is 6.06.